The van der Waals surface area contributed by atoms with E-state index in [0.29, 0.717) is 11.7 Å². The Labute approximate surface area is 211 Å². The molecule has 0 spiro atoms. The molecule has 0 bridgehead atoms. The van der Waals surface area contributed by atoms with Gasteiger partial charge in [0.2, 0.25) is 0 Å². The van der Waals surface area contributed by atoms with E-state index in [4.69, 9.17) is 40.0 Å². The minimum absolute atomic E-state index is 0.203. The first kappa shape index (κ1) is 25.6. The lowest BCUT2D eigenvalue weighted by atomic mass is 9.99. The lowest BCUT2D eigenvalue weighted by Gasteiger charge is -2.37. The Hall–Kier alpha value is -1.08. The number of hydrogen-bond acceptors (Lipinski definition) is 10. The number of hydrogen-bond donors (Lipinski definition) is 1. The number of pyridine rings is 1. The summed E-state index contributed by atoms with van der Waals surface area (Å²) in [6.07, 6.45) is -2.56. The highest BCUT2D eigenvalue weighted by Crippen LogP contribution is 2.44. The smallest absolute Gasteiger partial charge is 0.190 e. The molecule has 4 aliphatic rings. The normalized spacial score (nSPS) is 35.0. The number of nitrogens with zero attached hydrogens (tertiary/aromatic N) is 3. The first-order valence-corrected chi connectivity index (χ1v) is 12.7. The second-order valence-electron chi connectivity index (χ2n) is 10.5. The summed E-state index contributed by atoms with van der Waals surface area (Å²) in [6.45, 7) is 11.8. The van der Waals surface area contributed by atoms with Gasteiger partial charge in [-0.3, -0.25) is 4.90 Å². The average Bonchev–Trinajstić information content (AvgIpc) is 3.28. The third-order valence-electron chi connectivity index (χ3n) is 6.71. The van der Waals surface area contributed by atoms with Crippen LogP contribution in [0, 0.1) is 0 Å². The molecule has 11 heteroatoms. The summed E-state index contributed by atoms with van der Waals surface area (Å²) in [5.41, 5.74) is 0. The maximum Gasteiger partial charge on any atom is 0.190 e. The van der Waals surface area contributed by atoms with Crippen LogP contribution >= 0.6 is 11.6 Å². The maximum absolute atomic E-state index is 10.6. The fourth-order valence-electron chi connectivity index (χ4n) is 5.23. The highest BCUT2D eigenvalue weighted by Gasteiger charge is 2.60. The maximum atomic E-state index is 10.6. The van der Waals surface area contributed by atoms with Gasteiger partial charge in [-0.25, -0.2) is 4.98 Å². The van der Waals surface area contributed by atoms with Crippen LogP contribution in [-0.4, -0.2) is 109 Å². The molecule has 5 heterocycles. The third kappa shape index (κ3) is 5.92. The van der Waals surface area contributed by atoms with Crippen LogP contribution in [0.3, 0.4) is 0 Å². The Kier molecular flexibility index (Phi) is 7.30. The van der Waals surface area contributed by atoms with E-state index in [9.17, 15) is 5.11 Å². The highest BCUT2D eigenvalue weighted by molar-refractivity contribution is 6.29. The largest absolute Gasteiger partial charge is 0.389 e. The summed E-state index contributed by atoms with van der Waals surface area (Å²) in [5, 5.41) is 11.1. The predicted molar refractivity (Wildman–Crippen MR) is 127 cm³/mol. The summed E-state index contributed by atoms with van der Waals surface area (Å²) in [7, 11) is 0. The molecule has 35 heavy (non-hydrogen) atoms. The topological polar surface area (TPSA) is 95.0 Å². The van der Waals surface area contributed by atoms with Gasteiger partial charge in [0.05, 0.1) is 19.3 Å². The molecule has 6 atom stereocenters. The van der Waals surface area contributed by atoms with E-state index in [1.165, 1.54) is 0 Å². The number of fused-ring (bicyclic) bond motifs is 3. The van der Waals surface area contributed by atoms with Crippen molar-refractivity contribution in [3.63, 3.8) is 0 Å². The van der Waals surface area contributed by atoms with Crippen molar-refractivity contribution in [3.05, 3.63) is 23.4 Å². The second-order valence-corrected chi connectivity index (χ2v) is 10.9. The molecule has 4 aliphatic heterocycles. The third-order valence-corrected chi connectivity index (χ3v) is 6.92. The minimum atomic E-state index is -0.755. The number of ether oxygens (including phenoxy) is 6. The van der Waals surface area contributed by atoms with Crippen molar-refractivity contribution in [2.75, 3.05) is 50.8 Å². The van der Waals surface area contributed by atoms with Crippen LogP contribution in [0.25, 0.3) is 0 Å². The molecule has 0 radical (unpaired) electrons. The Balaban J connectivity index is 1.08. The number of anilines is 1. The molecule has 4 saturated heterocycles. The molecule has 196 valence electrons. The fourth-order valence-corrected chi connectivity index (χ4v) is 5.39. The molecule has 4 fully saturated rings. The Morgan fingerprint density at radius 3 is 2.46 bits per heavy atom. The van der Waals surface area contributed by atoms with Gasteiger partial charge in [-0.1, -0.05) is 17.7 Å². The minimum Gasteiger partial charge on any atom is -0.389 e. The van der Waals surface area contributed by atoms with E-state index in [1.54, 1.807) is 6.07 Å². The number of aliphatic hydroxyl groups is 1. The Morgan fingerprint density at radius 2 is 1.71 bits per heavy atom. The number of halogens is 1. The number of aromatic nitrogens is 1. The SMILES string of the molecule is CC1(C)O[C@H]2OC(COCC(O)CN3CCN(c4cccc(Cl)n4)CC3)[C@@H]3OC(C)(C)O[C@@H]3[C@H]2O1. The molecule has 0 amide bonds. The van der Waals surface area contributed by atoms with Crippen LogP contribution in [0.5, 0.6) is 0 Å². The van der Waals surface area contributed by atoms with Gasteiger partial charge < -0.3 is 38.4 Å². The van der Waals surface area contributed by atoms with Gasteiger partial charge in [-0.2, -0.15) is 0 Å². The van der Waals surface area contributed by atoms with Crippen molar-refractivity contribution < 1.29 is 33.5 Å². The molecule has 1 aromatic rings. The molecule has 0 saturated carbocycles. The van der Waals surface area contributed by atoms with E-state index in [1.807, 2.05) is 39.8 Å². The van der Waals surface area contributed by atoms with E-state index in [0.717, 1.165) is 32.0 Å². The molecule has 10 nitrogen and oxygen atoms in total. The lowest BCUT2D eigenvalue weighted by molar-refractivity contribution is -0.244. The summed E-state index contributed by atoms with van der Waals surface area (Å²) in [5.74, 6) is -0.616. The highest BCUT2D eigenvalue weighted by atomic mass is 35.5. The van der Waals surface area contributed by atoms with Crippen LogP contribution in [0.4, 0.5) is 5.82 Å². The predicted octanol–water partition coefficient (Wildman–Crippen LogP) is 1.63. The van der Waals surface area contributed by atoms with Gasteiger partial charge in [0.15, 0.2) is 17.9 Å². The van der Waals surface area contributed by atoms with Crippen molar-refractivity contribution in [2.45, 2.75) is 76.1 Å². The van der Waals surface area contributed by atoms with E-state index >= 15 is 0 Å². The van der Waals surface area contributed by atoms with Crippen molar-refractivity contribution in [2.24, 2.45) is 0 Å². The monoisotopic (exact) mass is 513 g/mol. The van der Waals surface area contributed by atoms with Gasteiger partial charge in [0, 0.05) is 32.7 Å². The van der Waals surface area contributed by atoms with Crippen molar-refractivity contribution >= 4 is 17.4 Å². The van der Waals surface area contributed by atoms with Crippen LogP contribution in [-0.2, 0) is 28.4 Å². The Bertz CT molecular complexity index is 882. The summed E-state index contributed by atoms with van der Waals surface area (Å²) >= 11 is 6.02. The van der Waals surface area contributed by atoms with E-state index < -0.39 is 24.0 Å². The number of β-amino-alcohol motifs (C(OH)–C–C–N with tert-alkyl or cyclic N) is 1. The van der Waals surface area contributed by atoms with Gasteiger partial charge in [-0.15, -0.1) is 0 Å². The molecule has 0 aliphatic carbocycles. The lowest BCUT2D eigenvalue weighted by Crippen LogP contribution is -2.56. The molecule has 2 unspecified atom stereocenters. The average molecular weight is 514 g/mol. The van der Waals surface area contributed by atoms with Gasteiger partial charge in [0.25, 0.3) is 0 Å². The molecule has 5 rings (SSSR count). The van der Waals surface area contributed by atoms with Crippen molar-refractivity contribution in [3.8, 4) is 0 Å². The zero-order valence-corrected chi connectivity index (χ0v) is 21.5. The van der Waals surface area contributed by atoms with Crippen molar-refractivity contribution in [1.82, 2.24) is 9.88 Å². The van der Waals surface area contributed by atoms with Crippen LogP contribution in [0.1, 0.15) is 27.7 Å². The quantitative estimate of drug-likeness (QED) is 0.542. The molecule has 1 aromatic heterocycles. The summed E-state index contributed by atoms with van der Waals surface area (Å²) in [4.78, 5) is 8.82. The molecule has 1 N–H and O–H groups in total. The fraction of sp³-hybridized carbons (Fsp3) is 0.792. The molecular weight excluding hydrogens is 478 g/mol. The standard InChI is InChI=1S/C24H36ClN3O7/c1-23(2)32-19-16(31-22-21(20(19)33-23)34-24(3,4)35-22)14-30-13-15(29)12-27-8-10-28(11-9-27)18-7-5-6-17(25)26-18/h5-7,15-16,19-22,29H,8-14H2,1-4H3/t15?,16?,19-,20-,21+,22+/m0/s1. The number of aliphatic hydroxyl groups excluding tert-OH is 1. The first-order valence-electron chi connectivity index (χ1n) is 12.3. The summed E-state index contributed by atoms with van der Waals surface area (Å²) < 4.78 is 36.3. The number of piperazine rings is 1. The summed E-state index contributed by atoms with van der Waals surface area (Å²) in [6, 6.07) is 5.65. The zero-order chi connectivity index (χ0) is 24.8. The van der Waals surface area contributed by atoms with Gasteiger partial charge in [0.1, 0.15) is 35.4 Å². The van der Waals surface area contributed by atoms with Gasteiger partial charge in [-0.05, 0) is 39.8 Å². The molecular formula is C24H36ClN3O7. The van der Waals surface area contributed by atoms with Gasteiger partial charge >= 0.3 is 0 Å². The van der Waals surface area contributed by atoms with E-state index in [-0.39, 0.29) is 37.6 Å². The first-order chi connectivity index (χ1) is 16.6. The Morgan fingerprint density at radius 1 is 1.03 bits per heavy atom. The van der Waals surface area contributed by atoms with Crippen LogP contribution in [0.15, 0.2) is 18.2 Å². The second kappa shape index (κ2) is 10.00. The van der Waals surface area contributed by atoms with Crippen LogP contribution < -0.4 is 4.90 Å². The molecule has 0 aromatic carbocycles. The van der Waals surface area contributed by atoms with E-state index in [2.05, 4.69) is 14.8 Å². The number of rotatable bonds is 7. The van der Waals surface area contributed by atoms with Crippen LogP contribution in [0.2, 0.25) is 5.15 Å². The zero-order valence-electron chi connectivity index (χ0n) is 20.8. The van der Waals surface area contributed by atoms with Crippen molar-refractivity contribution in [1.29, 1.82) is 0 Å².